The first-order valence-electron chi connectivity index (χ1n) is 11.2. The second kappa shape index (κ2) is 7.49. The van der Waals surface area contributed by atoms with Gasteiger partial charge in [-0.05, 0) is 54.3 Å². The van der Waals surface area contributed by atoms with Gasteiger partial charge in [0.2, 0.25) is 5.91 Å². The topological polar surface area (TPSA) is 77.8 Å². The van der Waals surface area contributed by atoms with Crippen LogP contribution < -0.4 is 0 Å². The third kappa shape index (κ3) is 3.29. The quantitative estimate of drug-likeness (QED) is 0.707. The van der Waals surface area contributed by atoms with E-state index in [9.17, 15) is 14.7 Å². The lowest BCUT2D eigenvalue weighted by Gasteiger charge is -2.65. The minimum absolute atomic E-state index is 0.0213. The maximum atomic E-state index is 13.6. The van der Waals surface area contributed by atoms with Crippen molar-refractivity contribution in [2.45, 2.75) is 72.8 Å². The summed E-state index contributed by atoms with van der Waals surface area (Å²) >= 11 is 0. The fourth-order valence-electron chi connectivity index (χ4n) is 7.09. The highest BCUT2D eigenvalue weighted by molar-refractivity contribution is 5.90. The molecule has 29 heavy (non-hydrogen) atoms. The van der Waals surface area contributed by atoms with Crippen molar-refractivity contribution >= 4 is 11.7 Å². The number of amides is 1. The highest BCUT2D eigenvalue weighted by Crippen LogP contribution is 2.67. The van der Waals surface area contributed by atoms with E-state index in [0.717, 1.165) is 31.3 Å². The van der Waals surface area contributed by atoms with Gasteiger partial charge in [-0.3, -0.25) is 9.59 Å². The first-order chi connectivity index (χ1) is 13.4. The lowest BCUT2D eigenvalue weighted by Crippen LogP contribution is -2.64. The number of hydrogen-bond acceptors (Lipinski definition) is 4. The van der Waals surface area contributed by atoms with Crippen LogP contribution in [-0.4, -0.2) is 53.1 Å². The number of Topliss-reactive ketones (excluding diaryl/α,β-unsaturated/α-hetero) is 1. The van der Waals surface area contributed by atoms with E-state index in [1.54, 1.807) is 13.1 Å². The third-order valence-corrected chi connectivity index (χ3v) is 9.32. The van der Waals surface area contributed by atoms with Crippen LogP contribution in [-0.2, 0) is 9.59 Å². The molecule has 0 aromatic heterocycles. The third-order valence-electron chi connectivity index (χ3n) is 9.32. The van der Waals surface area contributed by atoms with Crippen molar-refractivity contribution in [2.24, 2.45) is 34.0 Å². The van der Waals surface area contributed by atoms with Gasteiger partial charge in [0.25, 0.3) is 0 Å². The lowest BCUT2D eigenvalue weighted by molar-refractivity contribution is -0.189. The molecule has 5 heteroatoms. The molecule has 164 valence electrons. The predicted octanol–water partition coefficient (Wildman–Crippen LogP) is 3.19. The number of aliphatic hydroxyl groups excluding tert-OH is 2. The molecule has 6 atom stereocenters. The van der Waals surface area contributed by atoms with Gasteiger partial charge >= 0.3 is 0 Å². The van der Waals surface area contributed by atoms with Crippen LogP contribution in [0.25, 0.3) is 0 Å². The van der Waals surface area contributed by atoms with Crippen molar-refractivity contribution in [3.8, 4) is 0 Å². The molecule has 0 unspecified atom stereocenters. The highest BCUT2D eigenvalue weighted by atomic mass is 16.3. The van der Waals surface area contributed by atoms with Crippen molar-refractivity contribution in [3.63, 3.8) is 0 Å². The molecule has 0 radical (unpaired) electrons. The Morgan fingerprint density at radius 3 is 2.48 bits per heavy atom. The zero-order valence-corrected chi connectivity index (χ0v) is 19.0. The van der Waals surface area contributed by atoms with Crippen LogP contribution in [0.3, 0.4) is 0 Å². The summed E-state index contributed by atoms with van der Waals surface area (Å²) in [5, 5.41) is 19.7. The Morgan fingerprint density at radius 1 is 1.21 bits per heavy atom. The average molecular weight is 406 g/mol. The lowest BCUT2D eigenvalue weighted by atomic mass is 9.38. The van der Waals surface area contributed by atoms with Crippen molar-refractivity contribution in [3.05, 3.63) is 11.6 Å². The number of aliphatic hydroxyl groups is 2. The molecule has 3 aliphatic rings. The maximum Gasteiger partial charge on any atom is 0.246 e. The molecule has 0 aromatic carbocycles. The Hall–Kier alpha value is -1.20. The second-order valence-corrected chi connectivity index (χ2v) is 10.9. The summed E-state index contributed by atoms with van der Waals surface area (Å²) < 4.78 is 0. The normalized spacial score (nSPS) is 42.9. The smallest absolute Gasteiger partial charge is 0.246 e. The number of likely N-dealkylation sites (N-methyl/N-ethyl adjacent to an activating group) is 1. The van der Waals surface area contributed by atoms with Crippen LogP contribution in [0.2, 0.25) is 0 Å². The van der Waals surface area contributed by atoms with E-state index in [1.165, 1.54) is 4.90 Å². The molecule has 3 rings (SSSR count). The number of rotatable bonds is 3. The Kier molecular flexibility index (Phi) is 5.81. The molecule has 0 aliphatic heterocycles. The Bertz CT molecular complexity index is 714. The summed E-state index contributed by atoms with van der Waals surface area (Å²) in [6.45, 7) is 11.1. The Labute approximate surface area is 175 Å². The van der Waals surface area contributed by atoms with Crippen LogP contribution in [0.1, 0.15) is 66.7 Å². The zero-order valence-electron chi connectivity index (χ0n) is 19.0. The van der Waals surface area contributed by atoms with Crippen LogP contribution >= 0.6 is 0 Å². The Balaban J connectivity index is 1.95. The molecule has 0 aromatic rings. The summed E-state index contributed by atoms with van der Waals surface area (Å²) in [5.74, 6) is 0.677. The van der Waals surface area contributed by atoms with Gasteiger partial charge in [0.15, 0.2) is 0 Å². The molecule has 3 fully saturated rings. The zero-order chi connectivity index (χ0) is 21.8. The van der Waals surface area contributed by atoms with E-state index >= 15 is 0 Å². The minimum Gasteiger partial charge on any atom is -0.395 e. The molecule has 0 bridgehead atoms. The summed E-state index contributed by atoms with van der Waals surface area (Å²) in [6.07, 6.45) is 5.37. The Morgan fingerprint density at radius 2 is 1.86 bits per heavy atom. The molecule has 3 saturated carbocycles. The first-order valence-corrected chi connectivity index (χ1v) is 11.2. The summed E-state index contributed by atoms with van der Waals surface area (Å²) in [4.78, 5) is 27.6. The van der Waals surface area contributed by atoms with Gasteiger partial charge in [0.1, 0.15) is 5.78 Å². The van der Waals surface area contributed by atoms with E-state index in [4.69, 9.17) is 5.11 Å². The van der Waals surface area contributed by atoms with E-state index in [1.807, 2.05) is 0 Å². The van der Waals surface area contributed by atoms with Crippen molar-refractivity contribution in [1.29, 1.82) is 0 Å². The van der Waals surface area contributed by atoms with Gasteiger partial charge in [-0.2, -0.15) is 0 Å². The molecule has 0 saturated heterocycles. The van der Waals surface area contributed by atoms with Crippen molar-refractivity contribution < 1.29 is 19.8 Å². The largest absolute Gasteiger partial charge is 0.395 e. The molecule has 5 nitrogen and oxygen atoms in total. The van der Waals surface area contributed by atoms with E-state index < -0.39 is 5.41 Å². The minimum atomic E-state index is -0.469. The molecule has 3 aliphatic carbocycles. The molecule has 0 spiro atoms. The predicted molar refractivity (Wildman–Crippen MR) is 113 cm³/mol. The number of allylic oxidation sites excluding steroid dienone is 1. The highest BCUT2D eigenvalue weighted by Gasteiger charge is 2.65. The van der Waals surface area contributed by atoms with E-state index in [-0.39, 0.29) is 47.2 Å². The second-order valence-electron chi connectivity index (χ2n) is 10.9. The van der Waals surface area contributed by atoms with Gasteiger partial charge in [-0.1, -0.05) is 40.2 Å². The van der Waals surface area contributed by atoms with Crippen LogP contribution in [0, 0.1) is 34.0 Å². The van der Waals surface area contributed by atoms with E-state index in [0.29, 0.717) is 18.7 Å². The molecular formula is C24H39NO4. The van der Waals surface area contributed by atoms with Crippen molar-refractivity contribution in [1.82, 2.24) is 4.90 Å². The van der Waals surface area contributed by atoms with Crippen LogP contribution in [0.5, 0.6) is 0 Å². The number of carbonyl (C=O) groups excluding carboxylic acids is 2. The number of nitrogens with zero attached hydrogens (tertiary/aromatic N) is 1. The number of fused-ring (bicyclic) bond motifs is 3. The average Bonchev–Trinajstić information content (AvgIpc) is 2.65. The van der Waals surface area contributed by atoms with E-state index in [2.05, 4.69) is 34.6 Å². The van der Waals surface area contributed by atoms with Gasteiger partial charge in [0, 0.05) is 31.5 Å². The fourth-order valence-corrected chi connectivity index (χ4v) is 7.09. The van der Waals surface area contributed by atoms with Crippen LogP contribution in [0.4, 0.5) is 0 Å². The SMILES string of the molecule is C[C@H]1/C(=C/C(=O)N(C)CCO)CC[C@H]2[C@@]3(C)CC[C@H](O)C(C)(C)[C@@H]3CC(=O)[C@]12C. The number of ketones is 1. The molecule has 2 N–H and O–H groups in total. The van der Waals surface area contributed by atoms with Gasteiger partial charge in [-0.25, -0.2) is 0 Å². The monoisotopic (exact) mass is 405 g/mol. The summed E-state index contributed by atoms with van der Waals surface area (Å²) in [7, 11) is 1.69. The van der Waals surface area contributed by atoms with Crippen molar-refractivity contribution in [2.75, 3.05) is 20.2 Å². The fraction of sp³-hybridized carbons (Fsp3) is 0.833. The van der Waals surface area contributed by atoms with Gasteiger partial charge < -0.3 is 15.1 Å². The summed E-state index contributed by atoms with van der Waals surface area (Å²) in [5.41, 5.74) is 0.364. The van der Waals surface area contributed by atoms with Gasteiger partial charge in [0.05, 0.1) is 12.7 Å². The number of hydrogen-bond donors (Lipinski definition) is 2. The van der Waals surface area contributed by atoms with Crippen LogP contribution in [0.15, 0.2) is 11.6 Å². The molecular weight excluding hydrogens is 366 g/mol. The number of carbonyl (C=O) groups is 2. The maximum absolute atomic E-state index is 13.6. The van der Waals surface area contributed by atoms with Gasteiger partial charge in [-0.15, -0.1) is 0 Å². The molecule has 0 heterocycles. The molecule has 1 amide bonds. The standard InChI is InChI=1S/C24H39NO4/c1-15-16(13-21(29)25(6)11-12-26)7-8-17-23(4)10-9-19(27)22(2,3)18(23)14-20(28)24(15,17)5/h13,15,17-19,26-27H,7-12,14H2,1-6H3/b16-13+/t15-,17-,18-,19-,23+,24+/m0/s1. The summed E-state index contributed by atoms with van der Waals surface area (Å²) in [6, 6.07) is 0. The first kappa shape index (κ1) is 22.5.